The van der Waals surface area contributed by atoms with Crippen LogP contribution in [0.3, 0.4) is 0 Å². The minimum absolute atomic E-state index is 0.260. The second-order valence-corrected chi connectivity index (χ2v) is 7.42. The lowest BCUT2D eigenvalue weighted by Gasteiger charge is -2.09. The van der Waals surface area contributed by atoms with Gasteiger partial charge in [-0.25, -0.2) is 4.79 Å². The molecule has 0 aliphatic heterocycles. The van der Waals surface area contributed by atoms with Crippen molar-refractivity contribution in [2.75, 3.05) is 18.5 Å². The zero-order chi connectivity index (χ0) is 20.9. The summed E-state index contributed by atoms with van der Waals surface area (Å²) in [5, 5.41) is 3.75. The standard InChI is InChI=1S/C24H25NO5/c1-2-16-7-9-17(10-8-16)25-23(26)14-29-24(27)15-28-18-11-12-22-20(13-18)19-5-3-4-6-21(19)30-22/h7-13H,2-6,14-15H2,1H3,(H,25,26). The maximum absolute atomic E-state index is 12.0. The third-order valence-electron chi connectivity index (χ3n) is 5.29. The second-order valence-electron chi connectivity index (χ2n) is 7.42. The van der Waals surface area contributed by atoms with Gasteiger partial charge in [0.1, 0.15) is 17.1 Å². The van der Waals surface area contributed by atoms with Gasteiger partial charge < -0.3 is 19.2 Å². The van der Waals surface area contributed by atoms with E-state index in [4.69, 9.17) is 13.9 Å². The molecule has 6 nitrogen and oxygen atoms in total. The third-order valence-corrected chi connectivity index (χ3v) is 5.29. The lowest BCUT2D eigenvalue weighted by atomic mass is 9.96. The number of benzene rings is 2. The Kier molecular flexibility index (Phi) is 6.02. The number of carbonyl (C=O) groups is 2. The minimum Gasteiger partial charge on any atom is -0.482 e. The van der Waals surface area contributed by atoms with Crippen molar-refractivity contribution in [3.63, 3.8) is 0 Å². The number of nitrogens with one attached hydrogen (secondary N) is 1. The largest absolute Gasteiger partial charge is 0.482 e. The van der Waals surface area contributed by atoms with Crippen molar-refractivity contribution in [3.05, 3.63) is 59.4 Å². The number of ether oxygens (including phenoxy) is 2. The van der Waals surface area contributed by atoms with E-state index < -0.39 is 5.97 Å². The summed E-state index contributed by atoms with van der Waals surface area (Å²) in [6.45, 7) is 1.45. The van der Waals surface area contributed by atoms with Gasteiger partial charge >= 0.3 is 5.97 Å². The summed E-state index contributed by atoms with van der Waals surface area (Å²) in [5.74, 6) is 0.650. The van der Waals surface area contributed by atoms with E-state index in [1.54, 1.807) is 6.07 Å². The zero-order valence-corrected chi connectivity index (χ0v) is 17.0. The number of carbonyl (C=O) groups excluding carboxylic acids is 2. The molecule has 0 fully saturated rings. The van der Waals surface area contributed by atoms with Crippen molar-refractivity contribution < 1.29 is 23.5 Å². The first-order chi connectivity index (χ1) is 14.6. The third kappa shape index (κ3) is 4.64. The Labute approximate surface area is 175 Å². The number of rotatable bonds is 7. The minimum atomic E-state index is -0.596. The average molecular weight is 407 g/mol. The van der Waals surface area contributed by atoms with Crippen molar-refractivity contribution in [2.45, 2.75) is 39.0 Å². The fraction of sp³-hybridized carbons (Fsp3) is 0.333. The maximum Gasteiger partial charge on any atom is 0.344 e. The molecule has 3 aromatic rings. The van der Waals surface area contributed by atoms with E-state index in [0.717, 1.165) is 48.8 Å². The molecule has 30 heavy (non-hydrogen) atoms. The van der Waals surface area contributed by atoms with E-state index in [2.05, 4.69) is 12.2 Å². The van der Waals surface area contributed by atoms with Crippen LogP contribution in [0.15, 0.2) is 46.9 Å². The molecular weight excluding hydrogens is 382 g/mol. The van der Waals surface area contributed by atoms with Crippen LogP contribution in [0.2, 0.25) is 0 Å². The van der Waals surface area contributed by atoms with Gasteiger partial charge in [-0.2, -0.15) is 0 Å². The van der Waals surface area contributed by atoms with Gasteiger partial charge in [-0.3, -0.25) is 4.79 Å². The number of hydrogen-bond donors (Lipinski definition) is 1. The van der Waals surface area contributed by atoms with Crippen LogP contribution in [0.1, 0.15) is 36.7 Å². The maximum atomic E-state index is 12.0. The van der Waals surface area contributed by atoms with Crippen LogP contribution < -0.4 is 10.1 Å². The van der Waals surface area contributed by atoms with Crippen LogP contribution in [0.4, 0.5) is 5.69 Å². The molecule has 0 radical (unpaired) electrons. The Morgan fingerprint density at radius 3 is 2.63 bits per heavy atom. The van der Waals surface area contributed by atoms with E-state index in [1.807, 2.05) is 36.4 Å². The number of furan rings is 1. The van der Waals surface area contributed by atoms with Gasteiger partial charge in [0.15, 0.2) is 13.2 Å². The van der Waals surface area contributed by atoms with Crippen LogP contribution in [0, 0.1) is 0 Å². The summed E-state index contributed by atoms with van der Waals surface area (Å²) in [5.41, 5.74) is 3.94. The summed E-state index contributed by atoms with van der Waals surface area (Å²) in [6.07, 6.45) is 5.22. The van der Waals surface area contributed by atoms with E-state index in [1.165, 1.54) is 11.1 Å². The number of amides is 1. The van der Waals surface area contributed by atoms with E-state index >= 15 is 0 Å². The molecule has 2 aromatic carbocycles. The number of aryl methyl sites for hydroxylation is 3. The Balaban J connectivity index is 1.26. The highest BCUT2D eigenvalue weighted by Crippen LogP contribution is 2.33. The molecule has 156 valence electrons. The van der Waals surface area contributed by atoms with E-state index in [9.17, 15) is 9.59 Å². The molecule has 1 amide bonds. The number of esters is 1. The Morgan fingerprint density at radius 2 is 1.83 bits per heavy atom. The first-order valence-electron chi connectivity index (χ1n) is 10.3. The average Bonchev–Trinajstić information content (AvgIpc) is 3.15. The van der Waals surface area contributed by atoms with E-state index in [-0.39, 0.29) is 19.1 Å². The molecular formula is C24H25NO5. The number of hydrogen-bond acceptors (Lipinski definition) is 5. The Bertz CT molecular complexity index is 1050. The van der Waals surface area contributed by atoms with Crippen molar-refractivity contribution in [1.29, 1.82) is 0 Å². The molecule has 1 heterocycles. The van der Waals surface area contributed by atoms with Gasteiger partial charge in [0.05, 0.1) is 0 Å². The molecule has 0 bridgehead atoms. The van der Waals surface area contributed by atoms with Crippen molar-refractivity contribution in [1.82, 2.24) is 0 Å². The molecule has 0 saturated carbocycles. The highest BCUT2D eigenvalue weighted by molar-refractivity contribution is 5.92. The highest BCUT2D eigenvalue weighted by atomic mass is 16.6. The van der Waals surface area contributed by atoms with Crippen LogP contribution >= 0.6 is 0 Å². The van der Waals surface area contributed by atoms with Crippen LogP contribution in [0.25, 0.3) is 11.0 Å². The highest BCUT2D eigenvalue weighted by Gasteiger charge is 2.18. The van der Waals surface area contributed by atoms with Crippen LogP contribution in [0.5, 0.6) is 5.75 Å². The van der Waals surface area contributed by atoms with Gasteiger partial charge in [0.2, 0.25) is 0 Å². The quantitative estimate of drug-likeness (QED) is 0.586. The Hall–Kier alpha value is -3.28. The molecule has 4 rings (SSSR count). The van der Waals surface area contributed by atoms with Gasteiger partial charge in [0, 0.05) is 23.1 Å². The first kappa shape index (κ1) is 20.0. The molecule has 6 heteroatoms. The summed E-state index contributed by atoms with van der Waals surface area (Å²) < 4.78 is 16.5. The van der Waals surface area contributed by atoms with Crippen molar-refractivity contribution in [3.8, 4) is 5.75 Å². The Morgan fingerprint density at radius 1 is 1.03 bits per heavy atom. The van der Waals surface area contributed by atoms with Gasteiger partial charge in [-0.05, 0) is 61.6 Å². The molecule has 0 spiro atoms. The van der Waals surface area contributed by atoms with Gasteiger partial charge in [0.25, 0.3) is 5.91 Å². The second kappa shape index (κ2) is 9.03. The molecule has 1 aliphatic carbocycles. The summed E-state index contributed by atoms with van der Waals surface area (Å²) in [6, 6.07) is 13.1. The smallest absolute Gasteiger partial charge is 0.344 e. The molecule has 0 unspecified atom stereocenters. The molecule has 0 saturated heterocycles. The monoisotopic (exact) mass is 407 g/mol. The predicted octanol–water partition coefficient (Wildman–Crippen LogP) is 4.43. The zero-order valence-electron chi connectivity index (χ0n) is 17.0. The number of anilines is 1. The number of fused-ring (bicyclic) bond motifs is 3. The van der Waals surface area contributed by atoms with Crippen LogP contribution in [-0.2, 0) is 33.6 Å². The van der Waals surface area contributed by atoms with Gasteiger partial charge in [-0.1, -0.05) is 19.1 Å². The normalized spacial score (nSPS) is 13.0. The van der Waals surface area contributed by atoms with Crippen molar-refractivity contribution in [2.24, 2.45) is 0 Å². The first-order valence-corrected chi connectivity index (χ1v) is 10.3. The SMILES string of the molecule is CCc1ccc(NC(=O)COC(=O)COc2ccc3oc4c(c3c2)CCCC4)cc1. The molecule has 1 aliphatic rings. The summed E-state index contributed by atoms with van der Waals surface area (Å²) in [4.78, 5) is 23.9. The molecule has 1 N–H and O–H groups in total. The molecule has 0 atom stereocenters. The van der Waals surface area contributed by atoms with E-state index in [0.29, 0.717) is 11.4 Å². The van der Waals surface area contributed by atoms with Crippen molar-refractivity contribution >= 4 is 28.5 Å². The fourth-order valence-electron chi connectivity index (χ4n) is 3.68. The topological polar surface area (TPSA) is 77.8 Å². The predicted molar refractivity (Wildman–Crippen MR) is 114 cm³/mol. The fourth-order valence-corrected chi connectivity index (χ4v) is 3.68. The molecule has 1 aromatic heterocycles. The van der Waals surface area contributed by atoms with Crippen LogP contribution in [-0.4, -0.2) is 25.1 Å². The summed E-state index contributed by atoms with van der Waals surface area (Å²) in [7, 11) is 0. The lowest BCUT2D eigenvalue weighted by molar-refractivity contribution is -0.149. The van der Waals surface area contributed by atoms with Gasteiger partial charge in [-0.15, -0.1) is 0 Å². The lowest BCUT2D eigenvalue weighted by Crippen LogP contribution is -2.23. The summed E-state index contributed by atoms with van der Waals surface area (Å²) >= 11 is 0.